The summed E-state index contributed by atoms with van der Waals surface area (Å²) in [4.78, 5) is 17.5. The molecule has 160 valence electrons. The zero-order valence-corrected chi connectivity index (χ0v) is 17.3. The lowest BCUT2D eigenvalue weighted by molar-refractivity contribution is -0.137. The highest BCUT2D eigenvalue weighted by atomic mass is 35.5. The number of pyridine rings is 1. The van der Waals surface area contributed by atoms with E-state index in [4.69, 9.17) is 16.1 Å². The van der Waals surface area contributed by atoms with Crippen molar-refractivity contribution in [3.8, 4) is 11.3 Å². The maximum Gasteiger partial charge on any atom is 0.417 e. The smallest absolute Gasteiger partial charge is 0.335 e. The van der Waals surface area contributed by atoms with Crippen molar-refractivity contribution in [3.05, 3.63) is 58.0 Å². The maximum absolute atomic E-state index is 13.2. The quantitative estimate of drug-likeness (QED) is 0.466. The molecule has 4 aromatic rings. The molecule has 0 spiro atoms. The summed E-state index contributed by atoms with van der Waals surface area (Å²) in [6, 6.07) is 4.69. The van der Waals surface area contributed by atoms with Gasteiger partial charge in [-0.15, -0.1) is 0 Å². The number of nitrogens with one attached hydrogen (secondary N) is 1. The van der Waals surface area contributed by atoms with Crippen molar-refractivity contribution in [2.45, 2.75) is 20.0 Å². The first-order valence-corrected chi connectivity index (χ1v) is 9.38. The normalized spacial score (nSPS) is 11.8. The van der Waals surface area contributed by atoms with Gasteiger partial charge >= 0.3 is 6.18 Å². The number of aryl methyl sites for hydroxylation is 3. The second-order valence-electron chi connectivity index (χ2n) is 6.95. The van der Waals surface area contributed by atoms with Gasteiger partial charge in [0.2, 0.25) is 0 Å². The summed E-state index contributed by atoms with van der Waals surface area (Å²) in [5.74, 6) is -0.642. The monoisotopic (exact) mass is 449 g/mol. The Morgan fingerprint density at radius 2 is 1.94 bits per heavy atom. The molecule has 3 heterocycles. The van der Waals surface area contributed by atoms with E-state index in [1.54, 1.807) is 31.8 Å². The summed E-state index contributed by atoms with van der Waals surface area (Å²) in [5.41, 5.74) is 1.41. The minimum absolute atomic E-state index is 0.0556. The molecule has 0 aliphatic rings. The van der Waals surface area contributed by atoms with Gasteiger partial charge in [-0.2, -0.15) is 18.3 Å². The predicted octanol–water partition coefficient (Wildman–Crippen LogP) is 5.16. The topological polar surface area (TPSA) is 85.8 Å². The van der Waals surface area contributed by atoms with E-state index in [0.717, 1.165) is 12.1 Å². The number of aromatic nitrogens is 4. The highest BCUT2D eigenvalue weighted by molar-refractivity contribution is 6.31. The zero-order valence-electron chi connectivity index (χ0n) is 16.5. The van der Waals surface area contributed by atoms with Crippen LogP contribution in [0.2, 0.25) is 5.02 Å². The lowest BCUT2D eigenvalue weighted by atomic mass is 10.1. The van der Waals surface area contributed by atoms with Gasteiger partial charge < -0.3 is 9.84 Å². The Bertz CT molecular complexity index is 1330. The standard InChI is InChI=1S/C20H15ClF3N5O2/c1-9-13(8-29(3)27-9)16-7-12(17-10(2)28-31-19(17)26-16)18(30)25-11-4-5-15(21)14(6-11)20(22,23)24/h4-8H,1-3H3,(H,25,30). The number of nitrogens with zero attached hydrogens (tertiary/aromatic N) is 4. The van der Waals surface area contributed by atoms with Crippen LogP contribution in [0, 0.1) is 13.8 Å². The number of rotatable bonds is 3. The average Bonchev–Trinajstić information content (AvgIpc) is 3.23. The number of carbonyl (C=O) groups is 1. The molecule has 4 rings (SSSR count). The lowest BCUT2D eigenvalue weighted by Gasteiger charge is -2.12. The molecule has 0 saturated heterocycles. The Hall–Kier alpha value is -3.40. The van der Waals surface area contributed by atoms with Crippen LogP contribution in [0.4, 0.5) is 18.9 Å². The van der Waals surface area contributed by atoms with E-state index in [1.807, 2.05) is 0 Å². The fourth-order valence-corrected chi connectivity index (χ4v) is 3.51. The van der Waals surface area contributed by atoms with Crippen LogP contribution in [0.1, 0.15) is 27.3 Å². The van der Waals surface area contributed by atoms with E-state index < -0.39 is 22.7 Å². The zero-order chi connectivity index (χ0) is 22.5. The largest absolute Gasteiger partial charge is 0.417 e. The summed E-state index contributed by atoms with van der Waals surface area (Å²) >= 11 is 5.65. The van der Waals surface area contributed by atoms with Gasteiger partial charge in [0.15, 0.2) is 0 Å². The minimum atomic E-state index is -4.65. The SMILES string of the molecule is Cc1nn(C)cc1-c1cc(C(=O)Nc2ccc(Cl)c(C(F)(F)F)c2)c2c(C)noc2n1. The van der Waals surface area contributed by atoms with Crippen LogP contribution < -0.4 is 5.32 Å². The summed E-state index contributed by atoms with van der Waals surface area (Å²) in [7, 11) is 1.75. The first-order valence-electron chi connectivity index (χ1n) is 9.00. The Balaban J connectivity index is 1.79. The summed E-state index contributed by atoms with van der Waals surface area (Å²) < 4.78 is 46.3. The highest BCUT2D eigenvalue weighted by Crippen LogP contribution is 2.36. The van der Waals surface area contributed by atoms with E-state index in [9.17, 15) is 18.0 Å². The van der Waals surface area contributed by atoms with Crippen molar-refractivity contribution in [3.63, 3.8) is 0 Å². The Morgan fingerprint density at radius 1 is 1.19 bits per heavy atom. The van der Waals surface area contributed by atoms with Crippen LogP contribution in [0.15, 0.2) is 35.0 Å². The molecule has 0 bridgehead atoms. The third kappa shape index (κ3) is 3.86. The number of carbonyl (C=O) groups excluding carboxylic acids is 1. The van der Waals surface area contributed by atoms with Crippen molar-refractivity contribution in [1.82, 2.24) is 19.9 Å². The van der Waals surface area contributed by atoms with Crippen LogP contribution >= 0.6 is 11.6 Å². The van der Waals surface area contributed by atoms with E-state index in [0.29, 0.717) is 28.0 Å². The van der Waals surface area contributed by atoms with Gasteiger partial charge in [-0.3, -0.25) is 9.48 Å². The molecule has 1 N–H and O–H groups in total. The van der Waals surface area contributed by atoms with Crippen LogP contribution in [0.5, 0.6) is 0 Å². The first kappa shape index (κ1) is 20.9. The van der Waals surface area contributed by atoms with Crippen molar-refractivity contribution in [1.29, 1.82) is 0 Å². The number of alkyl halides is 3. The maximum atomic E-state index is 13.2. The second kappa shape index (κ2) is 7.38. The van der Waals surface area contributed by atoms with Gasteiger partial charge in [-0.25, -0.2) is 4.98 Å². The number of anilines is 1. The molecule has 7 nitrogen and oxygen atoms in total. The number of hydrogen-bond acceptors (Lipinski definition) is 5. The number of fused-ring (bicyclic) bond motifs is 1. The molecule has 0 unspecified atom stereocenters. The molecule has 0 saturated carbocycles. The van der Waals surface area contributed by atoms with Gasteiger partial charge in [0, 0.05) is 24.5 Å². The van der Waals surface area contributed by atoms with Crippen molar-refractivity contribution in [2.75, 3.05) is 5.32 Å². The molecule has 0 aliphatic heterocycles. The Kier molecular flexibility index (Phi) is 4.97. The Labute approximate surface area is 178 Å². The van der Waals surface area contributed by atoms with Crippen molar-refractivity contribution >= 4 is 34.3 Å². The highest BCUT2D eigenvalue weighted by Gasteiger charge is 2.33. The molecule has 31 heavy (non-hydrogen) atoms. The first-order chi connectivity index (χ1) is 14.5. The number of halogens is 4. The number of benzene rings is 1. The van der Waals surface area contributed by atoms with E-state index in [-0.39, 0.29) is 17.0 Å². The van der Waals surface area contributed by atoms with Crippen molar-refractivity contribution < 1.29 is 22.5 Å². The third-order valence-electron chi connectivity index (χ3n) is 4.68. The molecule has 0 aliphatic carbocycles. The third-order valence-corrected chi connectivity index (χ3v) is 5.01. The molecule has 1 aromatic carbocycles. The molecular formula is C20H15ClF3N5O2. The second-order valence-corrected chi connectivity index (χ2v) is 7.36. The fourth-order valence-electron chi connectivity index (χ4n) is 3.28. The minimum Gasteiger partial charge on any atom is -0.335 e. The molecule has 0 radical (unpaired) electrons. The molecular weight excluding hydrogens is 435 g/mol. The number of hydrogen-bond donors (Lipinski definition) is 1. The Morgan fingerprint density at radius 3 is 2.58 bits per heavy atom. The van der Waals surface area contributed by atoms with E-state index in [1.165, 1.54) is 12.1 Å². The van der Waals surface area contributed by atoms with Crippen LogP contribution in [-0.4, -0.2) is 25.8 Å². The van der Waals surface area contributed by atoms with Crippen LogP contribution in [0.3, 0.4) is 0 Å². The molecule has 0 fully saturated rings. The van der Waals surface area contributed by atoms with Gasteiger partial charge in [-0.1, -0.05) is 16.8 Å². The summed E-state index contributed by atoms with van der Waals surface area (Å²) in [6.07, 6.45) is -2.92. The molecule has 0 atom stereocenters. The van der Waals surface area contributed by atoms with Crippen LogP contribution in [-0.2, 0) is 13.2 Å². The molecule has 1 amide bonds. The van der Waals surface area contributed by atoms with Gasteiger partial charge in [0.05, 0.1) is 38.6 Å². The van der Waals surface area contributed by atoms with Gasteiger partial charge in [-0.05, 0) is 38.1 Å². The number of amides is 1. The summed E-state index contributed by atoms with van der Waals surface area (Å²) in [5, 5.41) is 10.5. The van der Waals surface area contributed by atoms with Crippen molar-refractivity contribution in [2.24, 2.45) is 7.05 Å². The van der Waals surface area contributed by atoms with E-state index >= 15 is 0 Å². The average molecular weight is 450 g/mol. The lowest BCUT2D eigenvalue weighted by Crippen LogP contribution is -2.14. The van der Waals surface area contributed by atoms with E-state index in [2.05, 4.69) is 20.6 Å². The molecule has 3 aromatic heterocycles. The predicted molar refractivity (Wildman–Crippen MR) is 108 cm³/mol. The molecule has 11 heteroatoms. The fraction of sp³-hybridized carbons (Fsp3) is 0.200. The van der Waals surface area contributed by atoms with Gasteiger partial charge in [0.1, 0.15) is 0 Å². The van der Waals surface area contributed by atoms with Gasteiger partial charge in [0.25, 0.3) is 11.6 Å². The van der Waals surface area contributed by atoms with Crippen LogP contribution in [0.25, 0.3) is 22.4 Å². The summed E-state index contributed by atoms with van der Waals surface area (Å²) in [6.45, 7) is 3.43.